The molecule has 0 amide bonds. The molecule has 1 unspecified atom stereocenters. The van der Waals surface area contributed by atoms with Crippen LogP contribution < -0.4 is 10.6 Å². The third-order valence-corrected chi connectivity index (χ3v) is 3.53. The highest BCUT2D eigenvalue weighted by molar-refractivity contribution is 9.10. The molecule has 1 aliphatic heterocycles. The first kappa shape index (κ1) is 11.0. The van der Waals surface area contributed by atoms with Crippen molar-refractivity contribution in [3.05, 3.63) is 22.9 Å². The molecule has 3 rings (SSSR count). The lowest BCUT2D eigenvalue weighted by Crippen LogP contribution is -2.38. The van der Waals surface area contributed by atoms with Crippen LogP contribution in [0.2, 0.25) is 0 Å². The van der Waals surface area contributed by atoms with Gasteiger partial charge in [-0.15, -0.1) is 0 Å². The Hall–Kier alpha value is -1.14. The van der Waals surface area contributed by atoms with E-state index in [4.69, 9.17) is 0 Å². The molecule has 90 valence electrons. The quantitative estimate of drug-likeness (QED) is 0.885. The lowest BCUT2D eigenvalue weighted by atomic mass is 10.1. The molecule has 0 aliphatic carbocycles. The lowest BCUT2D eigenvalue weighted by molar-refractivity contribution is 0.479. The van der Waals surface area contributed by atoms with Crippen LogP contribution in [0.3, 0.4) is 0 Å². The van der Waals surface area contributed by atoms with Crippen LogP contribution in [0, 0.1) is 0 Å². The minimum atomic E-state index is 0.473. The molecule has 3 heterocycles. The van der Waals surface area contributed by atoms with Crippen molar-refractivity contribution in [3.63, 3.8) is 0 Å². The van der Waals surface area contributed by atoms with Crippen molar-refractivity contribution in [2.24, 2.45) is 0 Å². The van der Waals surface area contributed by atoms with Crippen LogP contribution in [-0.2, 0) is 0 Å². The second-order valence-corrected chi connectivity index (χ2v) is 5.12. The van der Waals surface area contributed by atoms with Crippen molar-refractivity contribution in [3.8, 4) is 0 Å². The summed E-state index contributed by atoms with van der Waals surface area (Å²) >= 11 is 3.44. The second-order valence-electron chi connectivity index (χ2n) is 4.26. The van der Waals surface area contributed by atoms with E-state index in [1.54, 1.807) is 10.7 Å². The molecule has 2 N–H and O–H groups in total. The van der Waals surface area contributed by atoms with Gasteiger partial charge in [0.2, 0.25) is 0 Å². The van der Waals surface area contributed by atoms with Gasteiger partial charge in [0.15, 0.2) is 5.65 Å². The van der Waals surface area contributed by atoms with Crippen LogP contribution in [0.1, 0.15) is 12.8 Å². The van der Waals surface area contributed by atoms with Crippen molar-refractivity contribution in [1.29, 1.82) is 0 Å². The number of hydrogen-bond acceptors (Lipinski definition) is 4. The zero-order valence-electron chi connectivity index (χ0n) is 9.36. The molecule has 17 heavy (non-hydrogen) atoms. The van der Waals surface area contributed by atoms with Gasteiger partial charge in [0.25, 0.3) is 0 Å². The predicted molar refractivity (Wildman–Crippen MR) is 70.2 cm³/mol. The first-order valence-corrected chi connectivity index (χ1v) is 6.59. The van der Waals surface area contributed by atoms with Gasteiger partial charge in [0.05, 0.1) is 10.7 Å². The van der Waals surface area contributed by atoms with Gasteiger partial charge in [-0.1, -0.05) is 0 Å². The van der Waals surface area contributed by atoms with E-state index >= 15 is 0 Å². The molecule has 0 spiro atoms. The van der Waals surface area contributed by atoms with Crippen molar-refractivity contribution in [2.45, 2.75) is 18.9 Å². The molecule has 0 bridgehead atoms. The van der Waals surface area contributed by atoms with E-state index in [-0.39, 0.29) is 0 Å². The number of halogens is 1. The minimum absolute atomic E-state index is 0.473. The highest BCUT2D eigenvalue weighted by Gasteiger charge is 2.13. The van der Waals surface area contributed by atoms with Crippen molar-refractivity contribution < 1.29 is 0 Å². The third kappa shape index (κ3) is 2.28. The largest absolute Gasteiger partial charge is 0.366 e. The Bertz CT molecular complexity index is 518. The number of nitrogens with zero attached hydrogens (tertiary/aromatic N) is 3. The Morgan fingerprint density at radius 2 is 2.47 bits per heavy atom. The van der Waals surface area contributed by atoms with Crippen LogP contribution in [0.25, 0.3) is 5.65 Å². The van der Waals surface area contributed by atoms with Crippen molar-refractivity contribution in [1.82, 2.24) is 19.9 Å². The first-order valence-electron chi connectivity index (χ1n) is 5.80. The number of fused-ring (bicyclic) bond motifs is 1. The highest BCUT2D eigenvalue weighted by Crippen LogP contribution is 2.17. The van der Waals surface area contributed by atoms with Gasteiger partial charge in [-0.3, -0.25) is 0 Å². The van der Waals surface area contributed by atoms with Crippen molar-refractivity contribution >= 4 is 27.4 Å². The Morgan fingerprint density at radius 1 is 1.53 bits per heavy atom. The topological polar surface area (TPSA) is 54.2 Å². The molecular formula is C11H14BrN5. The van der Waals surface area contributed by atoms with E-state index in [9.17, 15) is 0 Å². The summed E-state index contributed by atoms with van der Waals surface area (Å²) in [7, 11) is 0. The molecule has 1 saturated heterocycles. The average Bonchev–Trinajstić information content (AvgIpc) is 2.73. The van der Waals surface area contributed by atoms with Gasteiger partial charge in [-0.05, 0) is 41.4 Å². The summed E-state index contributed by atoms with van der Waals surface area (Å²) in [5, 5.41) is 11.0. The van der Waals surface area contributed by atoms with E-state index in [0.29, 0.717) is 6.04 Å². The molecule has 2 aromatic heterocycles. The van der Waals surface area contributed by atoms with Gasteiger partial charge >= 0.3 is 0 Å². The molecule has 0 saturated carbocycles. The summed E-state index contributed by atoms with van der Waals surface area (Å²) in [5.41, 5.74) is 0.846. The summed E-state index contributed by atoms with van der Waals surface area (Å²) < 4.78 is 2.68. The molecule has 0 aromatic carbocycles. The van der Waals surface area contributed by atoms with E-state index in [0.717, 1.165) is 29.0 Å². The minimum Gasteiger partial charge on any atom is -0.366 e. The molecule has 5 nitrogen and oxygen atoms in total. The number of piperidine rings is 1. The number of hydrogen-bond donors (Lipinski definition) is 2. The standard InChI is InChI=1S/C11H14BrN5/c12-9-7-14-17-5-3-10(16-11(9)17)15-8-2-1-4-13-6-8/h3,5,7-8,13H,1-2,4,6H2,(H,15,16). The van der Waals surface area contributed by atoms with Crippen molar-refractivity contribution in [2.75, 3.05) is 18.4 Å². The van der Waals surface area contributed by atoms with Crippen LogP contribution in [0.4, 0.5) is 5.82 Å². The van der Waals surface area contributed by atoms with Gasteiger partial charge in [0.1, 0.15) is 5.82 Å². The van der Waals surface area contributed by atoms with E-state index in [1.807, 2.05) is 12.3 Å². The zero-order valence-corrected chi connectivity index (χ0v) is 10.9. The summed E-state index contributed by atoms with van der Waals surface area (Å²) in [6.45, 7) is 2.13. The normalized spacial score (nSPS) is 20.6. The SMILES string of the molecule is Brc1cnn2ccc(NC3CCCNC3)nc12. The molecule has 1 aliphatic rings. The Morgan fingerprint density at radius 3 is 3.29 bits per heavy atom. The molecule has 0 radical (unpaired) electrons. The maximum absolute atomic E-state index is 4.54. The zero-order chi connectivity index (χ0) is 11.7. The monoisotopic (exact) mass is 295 g/mol. The number of aromatic nitrogens is 3. The molecule has 1 fully saturated rings. The van der Waals surface area contributed by atoms with Gasteiger partial charge in [-0.25, -0.2) is 9.50 Å². The van der Waals surface area contributed by atoms with Crippen LogP contribution in [0.5, 0.6) is 0 Å². The van der Waals surface area contributed by atoms with E-state index < -0.39 is 0 Å². The summed E-state index contributed by atoms with van der Waals surface area (Å²) in [6, 6.07) is 2.43. The van der Waals surface area contributed by atoms with Gasteiger partial charge < -0.3 is 10.6 Å². The summed E-state index contributed by atoms with van der Waals surface area (Å²) in [6.07, 6.45) is 6.09. The van der Waals surface area contributed by atoms with Crippen LogP contribution in [0.15, 0.2) is 22.9 Å². The smallest absolute Gasteiger partial charge is 0.171 e. The fourth-order valence-corrected chi connectivity index (χ4v) is 2.47. The van der Waals surface area contributed by atoms with Gasteiger partial charge in [0, 0.05) is 18.8 Å². The fraction of sp³-hybridized carbons (Fsp3) is 0.455. The van der Waals surface area contributed by atoms with Gasteiger partial charge in [-0.2, -0.15) is 5.10 Å². The molecule has 1 atom stereocenters. The number of nitrogens with one attached hydrogen (secondary N) is 2. The van der Waals surface area contributed by atoms with E-state index in [2.05, 4.69) is 36.6 Å². The predicted octanol–water partition coefficient (Wildman–Crippen LogP) is 1.66. The molecule has 6 heteroatoms. The maximum atomic E-state index is 4.54. The second kappa shape index (κ2) is 4.62. The maximum Gasteiger partial charge on any atom is 0.171 e. The Kier molecular flexibility index (Phi) is 2.98. The average molecular weight is 296 g/mol. The first-order chi connectivity index (χ1) is 8.33. The summed E-state index contributed by atoms with van der Waals surface area (Å²) in [4.78, 5) is 4.54. The lowest BCUT2D eigenvalue weighted by Gasteiger charge is -2.24. The summed E-state index contributed by atoms with van der Waals surface area (Å²) in [5.74, 6) is 0.910. The van der Waals surface area contributed by atoms with Crippen LogP contribution in [-0.4, -0.2) is 33.7 Å². The Labute approximate surface area is 108 Å². The fourth-order valence-electron chi connectivity index (χ4n) is 2.11. The number of rotatable bonds is 2. The number of anilines is 1. The Balaban J connectivity index is 1.82. The van der Waals surface area contributed by atoms with E-state index in [1.165, 1.54) is 12.8 Å². The third-order valence-electron chi connectivity index (χ3n) is 2.97. The highest BCUT2D eigenvalue weighted by atomic mass is 79.9. The molecule has 2 aromatic rings. The van der Waals surface area contributed by atoms with Crippen LogP contribution >= 0.6 is 15.9 Å². The molecular weight excluding hydrogens is 282 g/mol.